The van der Waals surface area contributed by atoms with Gasteiger partial charge in [-0.3, -0.25) is 9.59 Å². The van der Waals surface area contributed by atoms with Crippen LogP contribution >= 0.6 is 0 Å². The average Bonchev–Trinajstić information content (AvgIpc) is 2.58. The van der Waals surface area contributed by atoms with Gasteiger partial charge in [0, 0.05) is 13.2 Å². The molecule has 0 aromatic rings. The molecule has 2 aliphatic rings. The zero-order valence-corrected chi connectivity index (χ0v) is 14.1. The summed E-state index contributed by atoms with van der Waals surface area (Å²) in [6, 6.07) is -0.634. The summed E-state index contributed by atoms with van der Waals surface area (Å²) >= 11 is 0. The fourth-order valence-electron chi connectivity index (χ4n) is 3.25. The first-order valence-electron chi connectivity index (χ1n) is 8.69. The van der Waals surface area contributed by atoms with Crippen molar-refractivity contribution in [3.8, 4) is 0 Å². The van der Waals surface area contributed by atoms with Crippen LogP contribution in [0.25, 0.3) is 0 Å². The largest absolute Gasteiger partial charge is 0.464 e. The number of Topliss-reactive ketones (excluding diaryl/α,β-unsaturated/α-hetero) is 1. The molecule has 6 heteroatoms. The van der Waals surface area contributed by atoms with Gasteiger partial charge in [0.1, 0.15) is 12.1 Å². The predicted molar refractivity (Wildman–Crippen MR) is 83.7 cm³/mol. The number of carbonyl (C=O) groups excluding carboxylic acids is 3. The third kappa shape index (κ3) is 4.31. The van der Waals surface area contributed by atoms with E-state index >= 15 is 0 Å². The Labute approximate surface area is 137 Å². The molecule has 0 radical (unpaired) electrons. The molecule has 0 bridgehead atoms. The topological polar surface area (TPSA) is 72.9 Å². The number of rotatable bonds is 5. The summed E-state index contributed by atoms with van der Waals surface area (Å²) in [5, 5.41) is 0. The van der Waals surface area contributed by atoms with E-state index in [2.05, 4.69) is 0 Å². The number of amides is 1. The summed E-state index contributed by atoms with van der Waals surface area (Å²) in [5.41, 5.74) is 0. The Morgan fingerprint density at radius 3 is 2.65 bits per heavy atom. The summed E-state index contributed by atoms with van der Waals surface area (Å²) in [5.74, 6) is -1.48. The molecule has 2 rings (SSSR count). The van der Waals surface area contributed by atoms with Gasteiger partial charge in [0.25, 0.3) is 5.91 Å². The minimum Gasteiger partial charge on any atom is -0.464 e. The monoisotopic (exact) mass is 325 g/mol. The normalized spacial score (nSPS) is 28.3. The van der Waals surface area contributed by atoms with Crippen LogP contribution in [-0.2, 0) is 23.9 Å². The minimum absolute atomic E-state index is 0.0375. The second-order valence-corrected chi connectivity index (χ2v) is 6.45. The summed E-state index contributed by atoms with van der Waals surface area (Å²) in [4.78, 5) is 38.7. The fourth-order valence-corrected chi connectivity index (χ4v) is 3.25. The molecule has 2 fully saturated rings. The Kier molecular flexibility index (Phi) is 6.57. The van der Waals surface area contributed by atoms with E-state index in [0.717, 1.165) is 32.1 Å². The van der Waals surface area contributed by atoms with Crippen LogP contribution in [0.2, 0.25) is 0 Å². The number of piperidine rings is 1. The highest BCUT2D eigenvalue weighted by molar-refractivity contribution is 6.38. The number of ketones is 1. The van der Waals surface area contributed by atoms with Gasteiger partial charge in [0.05, 0.1) is 6.61 Å². The molecular weight excluding hydrogens is 298 g/mol. The number of hydrogen-bond donors (Lipinski definition) is 0. The molecule has 130 valence electrons. The first kappa shape index (κ1) is 17.9. The van der Waals surface area contributed by atoms with E-state index < -0.39 is 29.8 Å². The standard InChI is InChI=1S/C17H27NO5/c1-3-10-23-17(21)13-8-4-5-9-18(13)16(20)14(19)15-12(2)7-6-11-22-15/h12-13,15H,3-11H2,1-2H3. The average molecular weight is 325 g/mol. The van der Waals surface area contributed by atoms with Gasteiger partial charge in [-0.25, -0.2) is 4.79 Å². The molecule has 0 saturated carbocycles. The maximum atomic E-state index is 12.6. The number of esters is 1. The van der Waals surface area contributed by atoms with Crippen molar-refractivity contribution in [3.63, 3.8) is 0 Å². The number of ether oxygens (including phenoxy) is 2. The van der Waals surface area contributed by atoms with E-state index in [1.165, 1.54) is 4.90 Å². The van der Waals surface area contributed by atoms with E-state index in [9.17, 15) is 14.4 Å². The molecule has 2 aliphatic heterocycles. The van der Waals surface area contributed by atoms with Crippen molar-refractivity contribution in [2.45, 2.75) is 64.5 Å². The van der Waals surface area contributed by atoms with Gasteiger partial charge in [-0.2, -0.15) is 0 Å². The van der Waals surface area contributed by atoms with Crippen LogP contribution in [-0.4, -0.2) is 54.5 Å². The van der Waals surface area contributed by atoms with Gasteiger partial charge in [0.2, 0.25) is 5.78 Å². The SMILES string of the molecule is CCCOC(=O)C1CCCCN1C(=O)C(=O)C1OCCCC1C. The highest BCUT2D eigenvalue weighted by Gasteiger charge is 2.40. The molecule has 2 heterocycles. The van der Waals surface area contributed by atoms with Crippen molar-refractivity contribution < 1.29 is 23.9 Å². The van der Waals surface area contributed by atoms with Crippen molar-refractivity contribution in [1.82, 2.24) is 4.90 Å². The lowest BCUT2D eigenvalue weighted by molar-refractivity contribution is -0.163. The zero-order valence-electron chi connectivity index (χ0n) is 14.1. The van der Waals surface area contributed by atoms with E-state index in [1.54, 1.807) is 0 Å². The van der Waals surface area contributed by atoms with Gasteiger partial charge in [-0.1, -0.05) is 13.8 Å². The first-order chi connectivity index (χ1) is 11.1. The highest BCUT2D eigenvalue weighted by atomic mass is 16.5. The van der Waals surface area contributed by atoms with Crippen molar-refractivity contribution in [1.29, 1.82) is 0 Å². The third-order valence-corrected chi connectivity index (χ3v) is 4.57. The third-order valence-electron chi connectivity index (χ3n) is 4.57. The molecule has 23 heavy (non-hydrogen) atoms. The summed E-state index contributed by atoms with van der Waals surface area (Å²) in [7, 11) is 0. The number of carbonyl (C=O) groups is 3. The molecule has 2 saturated heterocycles. The molecular formula is C17H27NO5. The van der Waals surface area contributed by atoms with Crippen molar-refractivity contribution in [2.24, 2.45) is 5.92 Å². The highest BCUT2D eigenvalue weighted by Crippen LogP contribution is 2.24. The Morgan fingerprint density at radius 2 is 1.96 bits per heavy atom. The van der Waals surface area contributed by atoms with Crippen LogP contribution in [0.3, 0.4) is 0 Å². The molecule has 0 aromatic carbocycles. The predicted octanol–water partition coefficient (Wildman–Crippen LogP) is 1.70. The number of hydrogen-bond acceptors (Lipinski definition) is 5. The van der Waals surface area contributed by atoms with Crippen molar-refractivity contribution >= 4 is 17.7 Å². The van der Waals surface area contributed by atoms with E-state index in [4.69, 9.17) is 9.47 Å². The van der Waals surface area contributed by atoms with Crippen LogP contribution in [0.15, 0.2) is 0 Å². The van der Waals surface area contributed by atoms with Gasteiger partial charge >= 0.3 is 5.97 Å². The molecule has 3 unspecified atom stereocenters. The van der Waals surface area contributed by atoms with Crippen LogP contribution in [0.1, 0.15) is 52.4 Å². The van der Waals surface area contributed by atoms with Gasteiger partial charge < -0.3 is 14.4 Å². The minimum atomic E-state index is -0.675. The quantitative estimate of drug-likeness (QED) is 0.568. The summed E-state index contributed by atoms with van der Waals surface area (Å²) in [6.45, 7) is 5.13. The molecule has 0 spiro atoms. The van der Waals surface area contributed by atoms with Crippen molar-refractivity contribution in [2.75, 3.05) is 19.8 Å². The smallest absolute Gasteiger partial charge is 0.328 e. The maximum Gasteiger partial charge on any atom is 0.328 e. The molecule has 0 aromatic heterocycles. The second-order valence-electron chi connectivity index (χ2n) is 6.45. The van der Waals surface area contributed by atoms with Gasteiger partial charge in [-0.05, 0) is 44.4 Å². The van der Waals surface area contributed by atoms with E-state index in [0.29, 0.717) is 26.2 Å². The lowest BCUT2D eigenvalue weighted by Gasteiger charge is -2.35. The first-order valence-corrected chi connectivity index (χ1v) is 8.69. The summed E-state index contributed by atoms with van der Waals surface area (Å²) < 4.78 is 10.7. The number of nitrogens with zero attached hydrogens (tertiary/aromatic N) is 1. The molecule has 0 aliphatic carbocycles. The lowest BCUT2D eigenvalue weighted by atomic mass is 9.92. The van der Waals surface area contributed by atoms with E-state index in [1.807, 2.05) is 13.8 Å². The Hall–Kier alpha value is -1.43. The number of likely N-dealkylation sites (tertiary alicyclic amines) is 1. The van der Waals surface area contributed by atoms with E-state index in [-0.39, 0.29) is 5.92 Å². The van der Waals surface area contributed by atoms with Crippen LogP contribution in [0, 0.1) is 5.92 Å². The fraction of sp³-hybridized carbons (Fsp3) is 0.824. The Morgan fingerprint density at radius 1 is 1.17 bits per heavy atom. The molecule has 0 N–H and O–H groups in total. The van der Waals surface area contributed by atoms with Crippen LogP contribution < -0.4 is 0 Å². The molecule has 1 amide bonds. The lowest BCUT2D eigenvalue weighted by Crippen LogP contribution is -2.54. The van der Waals surface area contributed by atoms with Crippen LogP contribution in [0.4, 0.5) is 0 Å². The molecule has 3 atom stereocenters. The Balaban J connectivity index is 2.05. The van der Waals surface area contributed by atoms with Gasteiger partial charge in [0.15, 0.2) is 0 Å². The van der Waals surface area contributed by atoms with Crippen LogP contribution in [0.5, 0.6) is 0 Å². The summed E-state index contributed by atoms with van der Waals surface area (Å²) in [6.07, 6.45) is 4.07. The van der Waals surface area contributed by atoms with Crippen molar-refractivity contribution in [3.05, 3.63) is 0 Å². The van der Waals surface area contributed by atoms with Gasteiger partial charge in [-0.15, -0.1) is 0 Å². The Bertz CT molecular complexity index is 450. The molecule has 6 nitrogen and oxygen atoms in total. The maximum absolute atomic E-state index is 12.6. The zero-order chi connectivity index (χ0) is 16.8. The second kappa shape index (κ2) is 8.43.